The van der Waals surface area contributed by atoms with Crippen LogP contribution >= 0.6 is 12.2 Å². The Labute approximate surface area is 226 Å². The van der Waals surface area contributed by atoms with Crippen molar-refractivity contribution >= 4 is 40.5 Å². The highest BCUT2D eigenvalue weighted by atomic mass is 32.1. The molecule has 0 saturated heterocycles. The number of carbonyl (C=O) groups excluding carboxylic acids is 2. The van der Waals surface area contributed by atoms with Gasteiger partial charge in [0.05, 0.1) is 12.2 Å². The molecule has 8 heteroatoms. The van der Waals surface area contributed by atoms with E-state index in [-0.39, 0.29) is 23.5 Å². The lowest BCUT2D eigenvalue weighted by Crippen LogP contribution is -2.34. The summed E-state index contributed by atoms with van der Waals surface area (Å²) in [4.78, 5) is 25.2. The van der Waals surface area contributed by atoms with Gasteiger partial charge in [-0.05, 0) is 60.2 Å². The molecule has 38 heavy (non-hydrogen) atoms. The summed E-state index contributed by atoms with van der Waals surface area (Å²) in [6, 6.07) is 33.1. The van der Waals surface area contributed by atoms with Crippen molar-refractivity contribution in [1.82, 2.24) is 5.32 Å². The van der Waals surface area contributed by atoms with Crippen molar-refractivity contribution in [2.75, 3.05) is 23.8 Å². The highest BCUT2D eigenvalue weighted by Gasteiger charge is 2.14. The maximum atomic E-state index is 12.9. The predicted molar refractivity (Wildman–Crippen MR) is 153 cm³/mol. The Morgan fingerprint density at radius 1 is 0.711 bits per heavy atom. The topological polar surface area (TPSA) is 88.7 Å². The van der Waals surface area contributed by atoms with Crippen molar-refractivity contribution in [3.05, 3.63) is 120 Å². The number of benzene rings is 4. The summed E-state index contributed by atoms with van der Waals surface area (Å²) in [5.74, 6) is 0.402. The zero-order valence-electron chi connectivity index (χ0n) is 20.6. The van der Waals surface area contributed by atoms with Crippen molar-refractivity contribution in [2.45, 2.75) is 6.42 Å². The first-order valence-electron chi connectivity index (χ1n) is 12.0. The van der Waals surface area contributed by atoms with Gasteiger partial charge in [0, 0.05) is 17.8 Å². The van der Waals surface area contributed by atoms with Crippen LogP contribution in [0.4, 0.5) is 11.4 Å². The molecule has 0 radical (unpaired) electrons. The SMILES string of the molecule is O=C(COc1ccccc1)Nc1cccc(NC(=S)NC(=O)c2ccccc2OCCc2ccccc2)c1. The Bertz CT molecular complexity index is 1380. The van der Waals surface area contributed by atoms with E-state index < -0.39 is 0 Å². The molecule has 0 heterocycles. The van der Waals surface area contributed by atoms with Crippen LogP contribution in [0.1, 0.15) is 15.9 Å². The second-order valence-corrected chi connectivity index (χ2v) is 8.63. The molecule has 0 aliphatic heterocycles. The van der Waals surface area contributed by atoms with E-state index in [1.165, 1.54) is 0 Å². The molecule has 0 saturated carbocycles. The number of para-hydroxylation sites is 2. The van der Waals surface area contributed by atoms with Crippen molar-refractivity contribution in [2.24, 2.45) is 0 Å². The van der Waals surface area contributed by atoms with Crippen LogP contribution in [0, 0.1) is 0 Å². The molecule has 4 rings (SSSR count). The maximum Gasteiger partial charge on any atom is 0.262 e. The lowest BCUT2D eigenvalue weighted by atomic mass is 10.1. The van der Waals surface area contributed by atoms with Gasteiger partial charge in [-0.3, -0.25) is 14.9 Å². The number of amides is 2. The van der Waals surface area contributed by atoms with Crippen LogP contribution in [0.3, 0.4) is 0 Å². The van der Waals surface area contributed by atoms with Crippen LogP contribution in [0.15, 0.2) is 109 Å². The third kappa shape index (κ3) is 8.18. The standard InChI is InChI=1S/C30H27N3O4S/c34-28(21-37-25-14-5-2-6-15-25)31-23-12-9-13-24(20-23)32-30(38)33-29(35)26-16-7-8-17-27(26)36-19-18-22-10-3-1-4-11-22/h1-17,20H,18-19,21H2,(H,31,34)(H2,32,33,35,38). The molecule has 192 valence electrons. The van der Waals surface area contributed by atoms with E-state index in [2.05, 4.69) is 16.0 Å². The average molecular weight is 526 g/mol. The number of thiocarbonyl (C=S) groups is 1. The Morgan fingerprint density at radius 2 is 1.37 bits per heavy atom. The summed E-state index contributed by atoms with van der Waals surface area (Å²) in [6.07, 6.45) is 0.724. The zero-order chi connectivity index (χ0) is 26.6. The van der Waals surface area contributed by atoms with Crippen molar-refractivity contribution in [1.29, 1.82) is 0 Å². The van der Waals surface area contributed by atoms with Crippen LogP contribution in [0.2, 0.25) is 0 Å². The van der Waals surface area contributed by atoms with Crippen molar-refractivity contribution in [3.63, 3.8) is 0 Å². The monoisotopic (exact) mass is 525 g/mol. The Kier molecular flexibility index (Phi) is 9.42. The lowest BCUT2D eigenvalue weighted by molar-refractivity contribution is -0.118. The quantitative estimate of drug-likeness (QED) is 0.239. The molecule has 0 atom stereocenters. The average Bonchev–Trinajstić information content (AvgIpc) is 2.93. The number of hydrogen-bond donors (Lipinski definition) is 3. The number of anilines is 2. The highest BCUT2D eigenvalue weighted by molar-refractivity contribution is 7.80. The molecule has 0 aromatic heterocycles. The van der Waals surface area contributed by atoms with Crippen LogP contribution in [0.25, 0.3) is 0 Å². The van der Waals surface area contributed by atoms with E-state index in [0.717, 1.165) is 12.0 Å². The van der Waals surface area contributed by atoms with Crippen molar-refractivity contribution in [3.8, 4) is 11.5 Å². The number of hydrogen-bond acceptors (Lipinski definition) is 5. The van der Waals surface area contributed by atoms with E-state index in [1.54, 1.807) is 54.6 Å². The van der Waals surface area contributed by atoms with Crippen LogP contribution in [-0.2, 0) is 11.2 Å². The first-order chi connectivity index (χ1) is 18.6. The molecule has 0 bridgehead atoms. The minimum absolute atomic E-state index is 0.116. The van der Waals surface area contributed by atoms with E-state index in [4.69, 9.17) is 21.7 Å². The molecular weight excluding hydrogens is 498 g/mol. The number of rotatable bonds is 10. The summed E-state index contributed by atoms with van der Waals surface area (Å²) in [5.41, 5.74) is 2.69. The van der Waals surface area contributed by atoms with Crippen LogP contribution < -0.4 is 25.4 Å². The smallest absolute Gasteiger partial charge is 0.262 e. The van der Waals surface area contributed by atoms with E-state index >= 15 is 0 Å². The normalized spacial score (nSPS) is 10.2. The minimum Gasteiger partial charge on any atom is -0.492 e. The van der Waals surface area contributed by atoms with Gasteiger partial charge in [0.1, 0.15) is 11.5 Å². The third-order valence-electron chi connectivity index (χ3n) is 5.37. The van der Waals surface area contributed by atoms with E-state index in [9.17, 15) is 9.59 Å². The Morgan fingerprint density at radius 3 is 2.13 bits per heavy atom. The summed E-state index contributed by atoms with van der Waals surface area (Å²) < 4.78 is 11.4. The fourth-order valence-electron chi connectivity index (χ4n) is 3.57. The second-order valence-electron chi connectivity index (χ2n) is 8.22. The van der Waals surface area contributed by atoms with Gasteiger partial charge < -0.3 is 20.1 Å². The number of nitrogens with one attached hydrogen (secondary N) is 3. The molecule has 0 aliphatic rings. The van der Waals surface area contributed by atoms with Gasteiger partial charge in [-0.25, -0.2) is 0 Å². The third-order valence-corrected chi connectivity index (χ3v) is 5.57. The fourth-order valence-corrected chi connectivity index (χ4v) is 3.78. The minimum atomic E-state index is -0.389. The molecular formula is C30H27N3O4S. The first kappa shape index (κ1) is 26.4. The number of ether oxygens (including phenoxy) is 2. The molecule has 0 aliphatic carbocycles. The van der Waals surface area contributed by atoms with Crippen LogP contribution in [-0.4, -0.2) is 30.1 Å². The van der Waals surface area contributed by atoms with Gasteiger partial charge >= 0.3 is 0 Å². The predicted octanol–water partition coefficient (Wildman–Crippen LogP) is 5.45. The summed E-state index contributed by atoms with van der Waals surface area (Å²) in [5, 5.41) is 8.56. The largest absolute Gasteiger partial charge is 0.492 e. The second kappa shape index (κ2) is 13.6. The molecule has 3 N–H and O–H groups in total. The molecule has 0 fully saturated rings. The van der Waals surface area contributed by atoms with Gasteiger partial charge in [0.25, 0.3) is 11.8 Å². The van der Waals surface area contributed by atoms with Crippen molar-refractivity contribution < 1.29 is 19.1 Å². The maximum absolute atomic E-state index is 12.9. The molecule has 7 nitrogen and oxygen atoms in total. The summed E-state index contributed by atoms with van der Waals surface area (Å²) in [7, 11) is 0. The molecule has 0 spiro atoms. The summed E-state index contributed by atoms with van der Waals surface area (Å²) >= 11 is 5.34. The van der Waals surface area contributed by atoms with Gasteiger partial charge in [-0.2, -0.15) is 0 Å². The van der Waals surface area contributed by atoms with E-state index in [0.29, 0.717) is 35.0 Å². The van der Waals surface area contributed by atoms with Gasteiger partial charge in [0.2, 0.25) is 0 Å². The van der Waals surface area contributed by atoms with Gasteiger partial charge in [-0.15, -0.1) is 0 Å². The lowest BCUT2D eigenvalue weighted by Gasteiger charge is -2.14. The first-order valence-corrected chi connectivity index (χ1v) is 12.4. The van der Waals surface area contributed by atoms with Gasteiger partial charge in [0.15, 0.2) is 11.7 Å². The Hall–Kier alpha value is -4.69. The molecule has 4 aromatic rings. The molecule has 0 unspecified atom stereocenters. The molecule has 2 amide bonds. The van der Waals surface area contributed by atoms with Gasteiger partial charge in [-0.1, -0.05) is 66.7 Å². The van der Waals surface area contributed by atoms with Crippen LogP contribution in [0.5, 0.6) is 11.5 Å². The number of carbonyl (C=O) groups is 2. The summed E-state index contributed by atoms with van der Waals surface area (Å²) in [6.45, 7) is 0.314. The fraction of sp³-hybridized carbons (Fsp3) is 0.100. The highest BCUT2D eigenvalue weighted by Crippen LogP contribution is 2.19. The molecule has 4 aromatic carbocycles. The van der Waals surface area contributed by atoms with E-state index in [1.807, 2.05) is 54.6 Å². The zero-order valence-corrected chi connectivity index (χ0v) is 21.4. The Balaban J connectivity index is 1.28.